The summed E-state index contributed by atoms with van der Waals surface area (Å²) >= 11 is 3.36. The van der Waals surface area contributed by atoms with Crippen LogP contribution in [0.15, 0.2) is 27.6 Å². The normalized spacial score (nSPS) is 11.7. The molecule has 0 unspecified atom stereocenters. The fraction of sp³-hybridized carbons (Fsp3) is 0.538. The molecule has 0 aliphatic rings. The zero-order valence-electron chi connectivity index (χ0n) is 10.9. The van der Waals surface area contributed by atoms with Crippen LogP contribution in [0.5, 0.6) is 0 Å². The number of primary sulfonamides is 1. The summed E-state index contributed by atoms with van der Waals surface area (Å²) in [4.78, 5) is 0.234. The van der Waals surface area contributed by atoms with Gasteiger partial charge in [0.2, 0.25) is 10.0 Å². The van der Waals surface area contributed by atoms with Crippen molar-refractivity contribution < 1.29 is 8.42 Å². The number of benzene rings is 1. The largest absolute Gasteiger partial charge is 0.330 e. The van der Waals surface area contributed by atoms with Crippen LogP contribution < -0.4 is 10.9 Å². The molecule has 0 bridgehead atoms. The third kappa shape index (κ3) is 6.03. The molecule has 0 atom stereocenters. The Morgan fingerprint density at radius 2 is 1.68 bits per heavy atom. The van der Waals surface area contributed by atoms with E-state index >= 15 is 0 Å². The lowest BCUT2D eigenvalue weighted by Gasteiger charge is -2.08. The van der Waals surface area contributed by atoms with E-state index in [9.17, 15) is 8.42 Å². The summed E-state index contributed by atoms with van der Waals surface area (Å²) in [5.74, 6) is 0. The second-order valence-corrected chi connectivity index (χ2v) is 7.05. The third-order valence-corrected chi connectivity index (χ3v) is 4.48. The molecule has 4 nitrogen and oxygen atoms in total. The van der Waals surface area contributed by atoms with Crippen molar-refractivity contribution in [2.75, 3.05) is 6.54 Å². The number of unbranched alkanes of at least 4 members (excludes halogenated alkanes) is 4. The number of hydrogen-bond donors (Lipinski definition) is 2. The molecule has 0 heterocycles. The Kier molecular flexibility index (Phi) is 6.99. The maximum absolute atomic E-state index is 11.5. The van der Waals surface area contributed by atoms with E-state index in [1.54, 1.807) is 12.1 Å². The molecule has 0 radical (unpaired) electrons. The maximum Gasteiger partial charge on any atom is 0.238 e. The Morgan fingerprint density at radius 1 is 1.05 bits per heavy atom. The average Bonchev–Trinajstić information content (AvgIpc) is 2.32. The first-order chi connectivity index (χ1) is 8.95. The van der Waals surface area contributed by atoms with Crippen LogP contribution in [0.4, 0.5) is 0 Å². The molecule has 19 heavy (non-hydrogen) atoms. The quantitative estimate of drug-likeness (QED) is 0.707. The molecule has 6 heteroatoms. The van der Waals surface area contributed by atoms with E-state index in [0.717, 1.165) is 55.1 Å². The van der Waals surface area contributed by atoms with E-state index in [-0.39, 0.29) is 4.90 Å². The minimum absolute atomic E-state index is 0.234. The minimum Gasteiger partial charge on any atom is -0.330 e. The van der Waals surface area contributed by atoms with Crippen LogP contribution in [0.2, 0.25) is 0 Å². The van der Waals surface area contributed by atoms with Crippen molar-refractivity contribution in [1.29, 1.82) is 0 Å². The Bertz CT molecular complexity index is 503. The van der Waals surface area contributed by atoms with Crippen molar-refractivity contribution in [1.82, 2.24) is 0 Å². The molecule has 108 valence electrons. The summed E-state index contributed by atoms with van der Waals surface area (Å²) in [6.07, 6.45) is 6.10. The average molecular weight is 349 g/mol. The first-order valence-electron chi connectivity index (χ1n) is 6.46. The molecule has 1 aromatic rings. The molecule has 0 aliphatic carbocycles. The number of sulfonamides is 1. The standard InChI is InChI=1S/C13H21BrN2O2S/c14-12-7-8-13(19(16,17)18)11(10-12)6-4-2-1-3-5-9-15/h7-8,10H,1-6,9,15H2,(H2,16,17,18). The van der Waals surface area contributed by atoms with Gasteiger partial charge < -0.3 is 5.73 Å². The van der Waals surface area contributed by atoms with Crippen LogP contribution in [0.25, 0.3) is 0 Å². The molecule has 0 aromatic heterocycles. The van der Waals surface area contributed by atoms with E-state index in [1.165, 1.54) is 0 Å². The zero-order valence-corrected chi connectivity index (χ0v) is 13.3. The van der Waals surface area contributed by atoms with Crippen molar-refractivity contribution in [3.63, 3.8) is 0 Å². The molecule has 0 fully saturated rings. The van der Waals surface area contributed by atoms with Crippen LogP contribution in [0, 0.1) is 0 Å². The first-order valence-corrected chi connectivity index (χ1v) is 8.80. The summed E-state index contributed by atoms with van der Waals surface area (Å²) in [5.41, 5.74) is 6.22. The molecule has 0 saturated heterocycles. The van der Waals surface area contributed by atoms with Crippen LogP contribution in [-0.2, 0) is 16.4 Å². The van der Waals surface area contributed by atoms with Gasteiger partial charge in [-0.3, -0.25) is 0 Å². The van der Waals surface area contributed by atoms with Gasteiger partial charge in [0.1, 0.15) is 0 Å². The molecule has 0 saturated carbocycles. The molecule has 4 N–H and O–H groups in total. The summed E-state index contributed by atoms with van der Waals surface area (Å²) in [6.45, 7) is 0.737. The maximum atomic E-state index is 11.5. The number of halogens is 1. The molecular weight excluding hydrogens is 328 g/mol. The third-order valence-electron chi connectivity index (χ3n) is 2.98. The lowest BCUT2D eigenvalue weighted by molar-refractivity contribution is 0.593. The van der Waals surface area contributed by atoms with Gasteiger partial charge in [0.05, 0.1) is 4.90 Å². The molecule has 1 aromatic carbocycles. The van der Waals surface area contributed by atoms with E-state index in [2.05, 4.69) is 15.9 Å². The number of hydrogen-bond acceptors (Lipinski definition) is 3. The Hall–Kier alpha value is -0.430. The van der Waals surface area contributed by atoms with Gasteiger partial charge in [-0.25, -0.2) is 13.6 Å². The summed E-state index contributed by atoms with van der Waals surface area (Å²) in [5, 5.41) is 5.22. The van der Waals surface area contributed by atoms with Crippen molar-refractivity contribution in [3.8, 4) is 0 Å². The van der Waals surface area contributed by atoms with Crippen molar-refractivity contribution >= 4 is 26.0 Å². The van der Waals surface area contributed by atoms with Crippen molar-refractivity contribution in [3.05, 3.63) is 28.2 Å². The van der Waals surface area contributed by atoms with Crippen LogP contribution in [0.1, 0.15) is 37.7 Å². The fourth-order valence-corrected chi connectivity index (χ4v) is 3.20. The predicted octanol–water partition coefficient (Wildman–Crippen LogP) is 2.55. The second-order valence-electron chi connectivity index (χ2n) is 4.60. The monoisotopic (exact) mass is 348 g/mol. The number of aryl methyl sites for hydroxylation is 1. The van der Waals surface area contributed by atoms with Crippen LogP contribution in [0.3, 0.4) is 0 Å². The van der Waals surface area contributed by atoms with Crippen LogP contribution >= 0.6 is 15.9 Å². The van der Waals surface area contributed by atoms with Gasteiger partial charge in [-0.05, 0) is 49.6 Å². The second kappa shape index (κ2) is 7.99. The lowest BCUT2D eigenvalue weighted by Crippen LogP contribution is -2.14. The van der Waals surface area contributed by atoms with Gasteiger partial charge in [-0.2, -0.15) is 0 Å². The van der Waals surface area contributed by atoms with Crippen molar-refractivity contribution in [2.24, 2.45) is 10.9 Å². The topological polar surface area (TPSA) is 86.2 Å². The van der Waals surface area contributed by atoms with Gasteiger partial charge in [0, 0.05) is 4.47 Å². The van der Waals surface area contributed by atoms with Gasteiger partial charge in [0.15, 0.2) is 0 Å². The van der Waals surface area contributed by atoms with E-state index in [0.29, 0.717) is 0 Å². The molecule has 1 rings (SSSR count). The molecular formula is C13H21BrN2O2S. The summed E-state index contributed by atoms with van der Waals surface area (Å²) in [6, 6.07) is 5.09. The van der Waals surface area contributed by atoms with Gasteiger partial charge in [-0.15, -0.1) is 0 Å². The highest BCUT2D eigenvalue weighted by molar-refractivity contribution is 9.10. The highest BCUT2D eigenvalue weighted by Gasteiger charge is 2.13. The molecule has 0 aliphatic heterocycles. The van der Waals surface area contributed by atoms with Crippen molar-refractivity contribution in [2.45, 2.75) is 43.4 Å². The SMILES string of the molecule is NCCCCCCCc1cc(Br)ccc1S(N)(=O)=O. The van der Waals surface area contributed by atoms with E-state index in [1.807, 2.05) is 6.07 Å². The summed E-state index contributed by atoms with van der Waals surface area (Å²) in [7, 11) is -3.64. The zero-order chi connectivity index (χ0) is 14.3. The highest BCUT2D eigenvalue weighted by atomic mass is 79.9. The van der Waals surface area contributed by atoms with Crippen LogP contribution in [-0.4, -0.2) is 15.0 Å². The minimum atomic E-state index is -3.64. The number of rotatable bonds is 8. The Balaban J connectivity index is 2.60. The number of nitrogens with two attached hydrogens (primary N) is 2. The first kappa shape index (κ1) is 16.6. The molecule has 0 spiro atoms. The Labute approximate surface area is 123 Å². The van der Waals surface area contributed by atoms with E-state index in [4.69, 9.17) is 10.9 Å². The summed E-state index contributed by atoms with van der Waals surface area (Å²) < 4.78 is 23.8. The van der Waals surface area contributed by atoms with Gasteiger partial charge in [0.25, 0.3) is 0 Å². The predicted molar refractivity (Wildman–Crippen MR) is 81.4 cm³/mol. The van der Waals surface area contributed by atoms with Gasteiger partial charge >= 0.3 is 0 Å². The van der Waals surface area contributed by atoms with E-state index < -0.39 is 10.0 Å². The van der Waals surface area contributed by atoms with Gasteiger partial charge in [-0.1, -0.05) is 35.2 Å². The molecule has 0 amide bonds. The highest BCUT2D eigenvalue weighted by Crippen LogP contribution is 2.22. The smallest absolute Gasteiger partial charge is 0.238 e. The fourth-order valence-electron chi connectivity index (χ4n) is 2.01. The lowest BCUT2D eigenvalue weighted by atomic mass is 10.1. The Morgan fingerprint density at radius 3 is 2.32 bits per heavy atom.